The van der Waals surface area contributed by atoms with Crippen molar-refractivity contribution in [3.8, 4) is 0 Å². The minimum Gasteiger partial charge on any atom is -0.363 e. The summed E-state index contributed by atoms with van der Waals surface area (Å²) in [6.45, 7) is 5.82. The fraction of sp³-hybridized carbons (Fsp3) is 0.417. The normalized spacial score (nSPS) is 15.0. The van der Waals surface area contributed by atoms with Crippen molar-refractivity contribution in [3.05, 3.63) is 53.2 Å². The lowest BCUT2D eigenvalue weighted by molar-refractivity contribution is 0.146. The van der Waals surface area contributed by atoms with Gasteiger partial charge in [0.05, 0.1) is 23.3 Å². The number of hydrogen-bond donors (Lipinski definition) is 1. The summed E-state index contributed by atoms with van der Waals surface area (Å²) >= 11 is 0. The predicted molar refractivity (Wildman–Crippen MR) is 128 cm³/mol. The molecule has 3 aromatic rings. The average Bonchev–Trinajstić information content (AvgIpc) is 2.83. The highest BCUT2D eigenvalue weighted by atomic mass is 19.3. The molecule has 1 N–H and O–H groups in total. The molecule has 1 saturated heterocycles. The van der Waals surface area contributed by atoms with Gasteiger partial charge in [-0.05, 0) is 19.9 Å². The molecule has 3 heterocycles. The van der Waals surface area contributed by atoms with Gasteiger partial charge in [-0.25, -0.2) is 32.9 Å². The molecular weight excluding hydrogens is 459 g/mol. The van der Waals surface area contributed by atoms with E-state index >= 15 is 0 Å². The number of nitrogens with zero attached hydrogens (tertiary/aromatic N) is 6. The lowest BCUT2D eigenvalue weighted by Crippen LogP contribution is -2.51. The van der Waals surface area contributed by atoms with Crippen LogP contribution >= 0.6 is 0 Å². The van der Waals surface area contributed by atoms with Crippen LogP contribution in [0.25, 0.3) is 10.9 Å². The standard InChI is InChI=1S/C24H28F3N7O/c1-14(16-6-5-7-17(21(16)25)22(26)27)29-23-18-12-20(28-13-19(18)30-15(2)31-23)33-8-10-34(11-9-33)24(35)32(3)4/h5-7,12-14,22H,8-11H2,1-4H3,(H,29,30,31). The third-order valence-electron chi connectivity index (χ3n) is 6.05. The van der Waals surface area contributed by atoms with Crippen molar-refractivity contribution >= 4 is 28.6 Å². The second kappa shape index (κ2) is 9.93. The van der Waals surface area contributed by atoms with Crippen LogP contribution in [0.4, 0.5) is 29.6 Å². The Balaban J connectivity index is 1.60. The number of alkyl halides is 2. The Kier molecular flexibility index (Phi) is 6.95. The molecule has 0 saturated carbocycles. The minimum atomic E-state index is -2.90. The van der Waals surface area contributed by atoms with Gasteiger partial charge in [0.1, 0.15) is 23.3 Å². The number of pyridine rings is 1. The second-order valence-corrected chi connectivity index (χ2v) is 8.75. The molecule has 1 aliphatic heterocycles. The van der Waals surface area contributed by atoms with Gasteiger partial charge >= 0.3 is 6.03 Å². The largest absolute Gasteiger partial charge is 0.363 e. The number of hydrogen-bond acceptors (Lipinski definition) is 6. The van der Waals surface area contributed by atoms with Crippen LogP contribution in [-0.2, 0) is 0 Å². The van der Waals surface area contributed by atoms with Gasteiger partial charge in [-0.1, -0.05) is 18.2 Å². The van der Waals surface area contributed by atoms with Gasteiger partial charge in [0.2, 0.25) is 0 Å². The number of fused-ring (bicyclic) bond motifs is 1. The molecule has 2 aromatic heterocycles. The molecule has 1 aromatic carbocycles. The number of nitrogens with one attached hydrogen (secondary N) is 1. The SMILES string of the molecule is Cc1nc(NC(C)c2cccc(C(F)F)c2F)c2cc(N3CCN(C(=O)N(C)C)CC3)ncc2n1. The quantitative estimate of drug-likeness (QED) is 0.575. The molecule has 0 aliphatic carbocycles. The van der Waals surface area contributed by atoms with Crippen LogP contribution in [0, 0.1) is 12.7 Å². The maximum atomic E-state index is 14.7. The summed E-state index contributed by atoms with van der Waals surface area (Å²) in [4.78, 5) is 31.1. The molecule has 8 nitrogen and oxygen atoms in total. The maximum Gasteiger partial charge on any atom is 0.319 e. The summed E-state index contributed by atoms with van der Waals surface area (Å²) in [5.74, 6) is 0.750. The first-order valence-corrected chi connectivity index (χ1v) is 11.3. The Labute approximate surface area is 201 Å². The minimum absolute atomic E-state index is 0.0244. The Morgan fingerprint density at radius 1 is 1.11 bits per heavy atom. The monoisotopic (exact) mass is 487 g/mol. The van der Waals surface area contributed by atoms with E-state index in [4.69, 9.17) is 0 Å². The number of urea groups is 1. The highest BCUT2D eigenvalue weighted by Crippen LogP contribution is 2.31. The molecule has 1 fully saturated rings. The van der Waals surface area contributed by atoms with E-state index in [2.05, 4.69) is 25.2 Å². The molecule has 11 heteroatoms. The van der Waals surface area contributed by atoms with Crippen molar-refractivity contribution in [3.63, 3.8) is 0 Å². The summed E-state index contributed by atoms with van der Waals surface area (Å²) < 4.78 is 41.1. The molecule has 35 heavy (non-hydrogen) atoms. The van der Waals surface area contributed by atoms with E-state index in [0.717, 1.165) is 6.07 Å². The van der Waals surface area contributed by atoms with Crippen LogP contribution in [-0.4, -0.2) is 71.1 Å². The van der Waals surface area contributed by atoms with Gasteiger partial charge in [0, 0.05) is 51.2 Å². The van der Waals surface area contributed by atoms with Gasteiger partial charge in [-0.15, -0.1) is 0 Å². The fourth-order valence-electron chi connectivity index (χ4n) is 4.18. The van der Waals surface area contributed by atoms with Gasteiger partial charge in [-0.2, -0.15) is 0 Å². The molecule has 1 aliphatic rings. The first-order valence-electron chi connectivity index (χ1n) is 11.3. The Bertz CT molecular complexity index is 1230. The van der Waals surface area contributed by atoms with E-state index < -0.39 is 23.8 Å². The topological polar surface area (TPSA) is 77.5 Å². The third-order valence-corrected chi connectivity index (χ3v) is 6.05. The van der Waals surface area contributed by atoms with Crippen molar-refractivity contribution < 1.29 is 18.0 Å². The zero-order valence-electron chi connectivity index (χ0n) is 20.1. The molecule has 1 atom stereocenters. The van der Waals surface area contributed by atoms with Crippen LogP contribution in [0.2, 0.25) is 0 Å². The Morgan fingerprint density at radius 3 is 2.46 bits per heavy atom. The van der Waals surface area contributed by atoms with Gasteiger partial charge in [0.25, 0.3) is 6.43 Å². The van der Waals surface area contributed by atoms with Gasteiger partial charge in [-0.3, -0.25) is 0 Å². The van der Waals surface area contributed by atoms with Crippen molar-refractivity contribution in [2.24, 2.45) is 0 Å². The average molecular weight is 488 g/mol. The molecular formula is C24H28F3N7O. The zero-order valence-corrected chi connectivity index (χ0v) is 20.1. The predicted octanol–water partition coefficient (Wildman–Crippen LogP) is 4.39. The van der Waals surface area contributed by atoms with Crippen LogP contribution in [0.5, 0.6) is 0 Å². The van der Waals surface area contributed by atoms with E-state index in [1.165, 1.54) is 12.1 Å². The fourth-order valence-corrected chi connectivity index (χ4v) is 4.18. The van der Waals surface area contributed by atoms with Crippen LogP contribution in [0.3, 0.4) is 0 Å². The maximum absolute atomic E-state index is 14.7. The first kappa shape index (κ1) is 24.5. The number of anilines is 2. The number of amides is 2. The lowest BCUT2D eigenvalue weighted by atomic mass is 10.0. The number of aryl methyl sites for hydroxylation is 1. The number of aromatic nitrogens is 3. The third kappa shape index (κ3) is 5.08. The molecule has 4 rings (SSSR count). The number of piperazine rings is 1. The summed E-state index contributed by atoms with van der Waals surface area (Å²) in [5, 5.41) is 3.86. The van der Waals surface area contributed by atoms with Crippen LogP contribution in [0.1, 0.15) is 36.3 Å². The molecule has 0 radical (unpaired) electrons. The number of carbonyl (C=O) groups excluding carboxylic acids is 1. The smallest absolute Gasteiger partial charge is 0.319 e. The zero-order chi connectivity index (χ0) is 25.3. The number of rotatable bonds is 5. The number of carbonyl (C=O) groups is 1. The first-order chi connectivity index (χ1) is 16.7. The number of halogens is 3. The second-order valence-electron chi connectivity index (χ2n) is 8.75. The van der Waals surface area contributed by atoms with E-state index in [-0.39, 0.29) is 11.6 Å². The van der Waals surface area contributed by atoms with E-state index in [1.807, 2.05) is 6.07 Å². The summed E-state index contributed by atoms with van der Waals surface area (Å²) in [6.07, 6.45) is -1.24. The van der Waals surface area contributed by atoms with Crippen LogP contribution in [0.15, 0.2) is 30.5 Å². The van der Waals surface area contributed by atoms with E-state index in [1.54, 1.807) is 43.9 Å². The van der Waals surface area contributed by atoms with Crippen LogP contribution < -0.4 is 10.2 Å². The lowest BCUT2D eigenvalue weighted by Gasteiger charge is -2.36. The molecule has 1 unspecified atom stereocenters. The van der Waals surface area contributed by atoms with Gasteiger partial charge in [0.15, 0.2) is 0 Å². The van der Waals surface area contributed by atoms with Gasteiger partial charge < -0.3 is 20.0 Å². The highest BCUT2D eigenvalue weighted by molar-refractivity contribution is 5.90. The van der Waals surface area contributed by atoms with E-state index in [9.17, 15) is 18.0 Å². The molecule has 0 spiro atoms. The number of benzene rings is 1. The summed E-state index contributed by atoms with van der Waals surface area (Å²) in [7, 11) is 3.46. The molecule has 0 bridgehead atoms. The molecule has 186 valence electrons. The Hall–Kier alpha value is -3.63. The molecule has 2 amide bonds. The van der Waals surface area contributed by atoms with Crippen molar-refractivity contribution in [1.82, 2.24) is 24.8 Å². The van der Waals surface area contributed by atoms with E-state index in [0.29, 0.717) is 54.5 Å². The highest BCUT2D eigenvalue weighted by Gasteiger charge is 2.24. The van der Waals surface area contributed by atoms with Crippen molar-refractivity contribution in [2.45, 2.75) is 26.3 Å². The Morgan fingerprint density at radius 2 is 1.80 bits per heavy atom. The summed E-state index contributed by atoms with van der Waals surface area (Å²) in [5.41, 5.74) is 0.112. The van der Waals surface area contributed by atoms with Crippen molar-refractivity contribution in [2.75, 3.05) is 50.5 Å². The van der Waals surface area contributed by atoms with Crippen molar-refractivity contribution in [1.29, 1.82) is 0 Å². The summed E-state index contributed by atoms with van der Waals surface area (Å²) in [6, 6.07) is 5.21.